The van der Waals surface area contributed by atoms with Crippen molar-refractivity contribution in [3.8, 4) is 44.8 Å². The largest absolute Gasteiger partial charge is 0.456 e. The molecule has 0 saturated carbocycles. The molecule has 0 aliphatic carbocycles. The molecular weight excluding hydrogens is 587 g/mol. The third-order valence-electron chi connectivity index (χ3n) is 9.47. The Morgan fingerprint density at radius 1 is 0.354 bits per heavy atom. The van der Waals surface area contributed by atoms with Gasteiger partial charge in [0.05, 0.1) is 11.4 Å². The van der Waals surface area contributed by atoms with Crippen LogP contribution < -0.4 is 0 Å². The molecule has 3 heteroatoms. The number of benzene rings is 7. The summed E-state index contributed by atoms with van der Waals surface area (Å²) in [7, 11) is 0. The Balaban J connectivity index is 1.17. The van der Waals surface area contributed by atoms with Crippen LogP contribution in [0, 0.1) is 0 Å². The first-order valence-corrected chi connectivity index (χ1v) is 16.2. The molecule has 0 spiro atoms. The van der Waals surface area contributed by atoms with E-state index >= 15 is 0 Å². The Morgan fingerprint density at radius 2 is 0.979 bits per heavy atom. The number of fused-ring (bicyclic) bond motifs is 9. The Labute approximate surface area is 276 Å². The van der Waals surface area contributed by atoms with Crippen LogP contribution in [0.4, 0.5) is 0 Å². The van der Waals surface area contributed by atoms with E-state index in [1.807, 2.05) is 24.3 Å². The maximum Gasteiger partial charge on any atom is 0.144 e. The molecular formula is C45H27NO2. The van der Waals surface area contributed by atoms with Crippen molar-refractivity contribution >= 4 is 54.6 Å². The van der Waals surface area contributed by atoms with Crippen molar-refractivity contribution in [1.29, 1.82) is 0 Å². The summed E-state index contributed by atoms with van der Waals surface area (Å²) in [5, 5.41) is 6.77. The van der Waals surface area contributed by atoms with Crippen molar-refractivity contribution in [2.75, 3.05) is 0 Å². The van der Waals surface area contributed by atoms with Crippen LogP contribution in [0.15, 0.2) is 173 Å². The van der Waals surface area contributed by atoms with E-state index in [2.05, 4.69) is 140 Å². The van der Waals surface area contributed by atoms with E-state index in [9.17, 15) is 0 Å². The number of hydrogen-bond donors (Lipinski definition) is 0. The number of nitrogens with zero attached hydrogens (tertiary/aromatic N) is 1. The summed E-state index contributed by atoms with van der Waals surface area (Å²) in [6, 6.07) is 57.0. The maximum atomic E-state index is 6.67. The van der Waals surface area contributed by atoms with Gasteiger partial charge in [0.15, 0.2) is 0 Å². The third-order valence-corrected chi connectivity index (χ3v) is 9.47. The van der Waals surface area contributed by atoms with Gasteiger partial charge >= 0.3 is 0 Å². The zero-order valence-corrected chi connectivity index (χ0v) is 25.9. The second-order valence-corrected chi connectivity index (χ2v) is 12.3. The highest BCUT2D eigenvalue weighted by molar-refractivity contribution is 6.32. The van der Waals surface area contributed by atoms with Crippen LogP contribution in [-0.2, 0) is 0 Å². The number of furan rings is 2. The monoisotopic (exact) mass is 613 g/mol. The van der Waals surface area contributed by atoms with Crippen LogP contribution >= 0.6 is 0 Å². The molecule has 0 saturated heterocycles. The lowest BCUT2D eigenvalue weighted by Gasteiger charge is -2.11. The summed E-state index contributed by atoms with van der Waals surface area (Å²) < 4.78 is 13.3. The molecule has 0 fully saturated rings. The molecule has 0 bridgehead atoms. The minimum absolute atomic E-state index is 0.855. The van der Waals surface area contributed by atoms with Crippen LogP contribution in [-0.4, -0.2) is 4.98 Å². The molecule has 224 valence electrons. The minimum Gasteiger partial charge on any atom is -0.456 e. The lowest BCUT2D eigenvalue weighted by molar-refractivity contribution is 0.664. The normalized spacial score (nSPS) is 11.8. The lowest BCUT2D eigenvalue weighted by Crippen LogP contribution is -1.91. The predicted octanol–water partition coefficient (Wildman–Crippen LogP) is 12.7. The van der Waals surface area contributed by atoms with E-state index < -0.39 is 0 Å². The molecule has 0 atom stereocenters. The van der Waals surface area contributed by atoms with Crippen LogP contribution in [0.3, 0.4) is 0 Å². The average Bonchev–Trinajstić information content (AvgIpc) is 3.74. The van der Waals surface area contributed by atoms with Crippen molar-refractivity contribution in [3.63, 3.8) is 0 Å². The maximum absolute atomic E-state index is 6.67. The van der Waals surface area contributed by atoms with Crippen LogP contribution in [0.25, 0.3) is 99.4 Å². The zero-order chi connectivity index (χ0) is 31.6. The van der Waals surface area contributed by atoms with Gasteiger partial charge in [-0.25, -0.2) is 4.98 Å². The van der Waals surface area contributed by atoms with E-state index in [0.29, 0.717) is 0 Å². The molecule has 3 aromatic heterocycles. The minimum atomic E-state index is 0.855. The van der Waals surface area contributed by atoms with Crippen LogP contribution in [0.2, 0.25) is 0 Å². The topological polar surface area (TPSA) is 39.2 Å². The lowest BCUT2D eigenvalue weighted by atomic mass is 9.95. The van der Waals surface area contributed by atoms with Gasteiger partial charge in [-0.2, -0.15) is 0 Å². The molecule has 0 amide bonds. The second kappa shape index (κ2) is 10.5. The van der Waals surface area contributed by atoms with Gasteiger partial charge in [0.25, 0.3) is 0 Å². The van der Waals surface area contributed by atoms with Crippen molar-refractivity contribution < 1.29 is 8.83 Å². The number of aromatic nitrogens is 1. The Bertz CT molecular complexity index is 2750. The van der Waals surface area contributed by atoms with Gasteiger partial charge in [-0.1, -0.05) is 133 Å². The van der Waals surface area contributed by atoms with Crippen molar-refractivity contribution in [1.82, 2.24) is 4.98 Å². The van der Waals surface area contributed by atoms with Crippen molar-refractivity contribution in [3.05, 3.63) is 164 Å². The molecule has 3 nitrogen and oxygen atoms in total. The number of rotatable bonds is 4. The van der Waals surface area contributed by atoms with E-state index in [0.717, 1.165) is 88.6 Å². The standard InChI is InChI=1S/C45H27NO2/c1-3-12-31(13-4-1)37-25-33(26-38(46-37)32-14-5-2-6-15-32)28-19-21-30(22-20-28)36-27-41-44(43-35-17-9-10-18-39(35)48-45(36)43)42-34-16-8-7-11-29(34)23-24-40(42)47-41/h1-27H. The first-order chi connectivity index (χ1) is 23.8. The molecule has 0 radical (unpaired) electrons. The summed E-state index contributed by atoms with van der Waals surface area (Å²) in [6.45, 7) is 0. The molecule has 48 heavy (non-hydrogen) atoms. The zero-order valence-electron chi connectivity index (χ0n) is 25.9. The predicted molar refractivity (Wildman–Crippen MR) is 198 cm³/mol. The highest BCUT2D eigenvalue weighted by Gasteiger charge is 2.22. The summed E-state index contributed by atoms with van der Waals surface area (Å²) in [6.07, 6.45) is 0. The molecule has 0 aliphatic rings. The average molecular weight is 614 g/mol. The fourth-order valence-corrected chi connectivity index (χ4v) is 7.18. The highest BCUT2D eigenvalue weighted by atomic mass is 16.3. The van der Waals surface area contributed by atoms with E-state index in [-0.39, 0.29) is 0 Å². The quantitative estimate of drug-likeness (QED) is 0.198. The van der Waals surface area contributed by atoms with E-state index in [1.54, 1.807) is 0 Å². The van der Waals surface area contributed by atoms with Crippen molar-refractivity contribution in [2.24, 2.45) is 0 Å². The van der Waals surface area contributed by atoms with Gasteiger partial charge in [-0.15, -0.1) is 0 Å². The SMILES string of the molecule is c1ccc(-c2cc(-c3ccc(-c4cc5oc6ccc7ccccc7c6c5c5c4oc4ccccc45)cc3)cc(-c3ccccc3)n2)cc1. The molecule has 10 rings (SSSR count). The number of hydrogen-bond acceptors (Lipinski definition) is 3. The Morgan fingerprint density at radius 3 is 1.71 bits per heavy atom. The molecule has 7 aromatic carbocycles. The molecule has 0 N–H and O–H groups in total. The van der Waals surface area contributed by atoms with Gasteiger partial charge in [-0.05, 0) is 57.8 Å². The Kier molecular flexibility index (Phi) is 5.87. The van der Waals surface area contributed by atoms with Gasteiger partial charge in [0.2, 0.25) is 0 Å². The molecule has 0 unspecified atom stereocenters. The number of para-hydroxylation sites is 1. The highest BCUT2D eigenvalue weighted by Crippen LogP contribution is 2.46. The molecule has 10 aromatic rings. The first kappa shape index (κ1) is 26.7. The van der Waals surface area contributed by atoms with Gasteiger partial charge in [-0.3, -0.25) is 0 Å². The number of pyridine rings is 1. The second-order valence-electron chi connectivity index (χ2n) is 12.3. The van der Waals surface area contributed by atoms with E-state index in [1.165, 1.54) is 10.8 Å². The summed E-state index contributed by atoms with van der Waals surface area (Å²) in [5.41, 5.74) is 11.8. The first-order valence-electron chi connectivity index (χ1n) is 16.2. The Hall–Kier alpha value is -6.45. The summed E-state index contributed by atoms with van der Waals surface area (Å²) >= 11 is 0. The fraction of sp³-hybridized carbons (Fsp3) is 0. The third kappa shape index (κ3) is 4.18. The van der Waals surface area contributed by atoms with Crippen molar-refractivity contribution in [2.45, 2.75) is 0 Å². The summed E-state index contributed by atoms with van der Waals surface area (Å²) in [4.78, 5) is 5.06. The van der Waals surface area contributed by atoms with Crippen LogP contribution in [0.5, 0.6) is 0 Å². The van der Waals surface area contributed by atoms with Crippen LogP contribution in [0.1, 0.15) is 0 Å². The smallest absolute Gasteiger partial charge is 0.144 e. The van der Waals surface area contributed by atoms with E-state index in [4.69, 9.17) is 13.8 Å². The van der Waals surface area contributed by atoms with Gasteiger partial charge < -0.3 is 8.83 Å². The molecule has 0 aliphatic heterocycles. The summed E-state index contributed by atoms with van der Waals surface area (Å²) in [5.74, 6) is 0. The van der Waals surface area contributed by atoms with Gasteiger partial charge in [0.1, 0.15) is 22.3 Å². The molecule has 3 heterocycles. The fourth-order valence-electron chi connectivity index (χ4n) is 7.18. The van der Waals surface area contributed by atoms with Gasteiger partial charge in [0, 0.05) is 38.2 Å².